The van der Waals surface area contributed by atoms with Gasteiger partial charge >= 0.3 is 5.97 Å². The van der Waals surface area contributed by atoms with Crippen molar-refractivity contribution in [3.63, 3.8) is 0 Å². The Morgan fingerprint density at radius 3 is 3.12 bits per heavy atom. The van der Waals surface area contributed by atoms with Crippen molar-refractivity contribution in [1.29, 1.82) is 0 Å². The van der Waals surface area contributed by atoms with Crippen LogP contribution in [0.15, 0.2) is 29.2 Å². The van der Waals surface area contributed by atoms with Gasteiger partial charge in [-0.3, -0.25) is 4.79 Å². The van der Waals surface area contributed by atoms with Crippen LogP contribution in [0, 0.1) is 0 Å². The van der Waals surface area contributed by atoms with Gasteiger partial charge in [-0.25, -0.2) is 9.97 Å². The van der Waals surface area contributed by atoms with E-state index in [-0.39, 0.29) is 12.5 Å². The number of ether oxygens (including phenoxy) is 1. The van der Waals surface area contributed by atoms with Crippen LogP contribution in [-0.2, 0) is 9.53 Å². The molecule has 0 aliphatic heterocycles. The third-order valence-corrected chi connectivity index (χ3v) is 2.81. The lowest BCUT2D eigenvalue weighted by molar-refractivity contribution is -0.138. The van der Waals surface area contributed by atoms with Crippen molar-refractivity contribution in [2.45, 2.75) is 0 Å². The smallest absolute Gasteiger partial charge is 0.325 e. The van der Waals surface area contributed by atoms with Crippen molar-refractivity contribution in [3.05, 3.63) is 29.2 Å². The molecule has 0 fully saturated rings. The zero-order chi connectivity index (χ0) is 12.1. The molecule has 88 valence electrons. The van der Waals surface area contributed by atoms with E-state index in [1.165, 1.54) is 13.4 Å². The van der Waals surface area contributed by atoms with Gasteiger partial charge in [-0.05, 0) is 11.4 Å². The molecule has 2 heterocycles. The molecule has 2 rings (SSSR count). The van der Waals surface area contributed by atoms with Crippen molar-refractivity contribution in [2.24, 2.45) is 0 Å². The minimum atomic E-state index is -0.333. The number of aromatic nitrogens is 2. The number of thiophene rings is 1. The van der Waals surface area contributed by atoms with Gasteiger partial charge in [0.25, 0.3) is 0 Å². The van der Waals surface area contributed by atoms with E-state index >= 15 is 0 Å². The van der Waals surface area contributed by atoms with E-state index in [1.807, 2.05) is 16.8 Å². The van der Waals surface area contributed by atoms with Gasteiger partial charge in [-0.1, -0.05) is 0 Å². The van der Waals surface area contributed by atoms with Crippen LogP contribution in [0.25, 0.3) is 11.3 Å². The molecule has 0 radical (unpaired) electrons. The molecule has 1 N–H and O–H groups in total. The van der Waals surface area contributed by atoms with Crippen LogP contribution in [0.1, 0.15) is 0 Å². The van der Waals surface area contributed by atoms with Gasteiger partial charge in [0.1, 0.15) is 18.7 Å². The molecule has 0 aliphatic carbocycles. The van der Waals surface area contributed by atoms with Gasteiger partial charge in [0.2, 0.25) is 0 Å². The molecule has 5 nitrogen and oxygen atoms in total. The van der Waals surface area contributed by atoms with Crippen molar-refractivity contribution in [2.75, 3.05) is 19.0 Å². The standard InChI is InChI=1S/C11H11N3O2S/c1-16-11(15)5-12-10-4-9(13-7-14-10)8-2-3-17-6-8/h2-4,6-7H,5H2,1H3,(H,12,13,14). The number of carbonyl (C=O) groups excluding carboxylic acids is 1. The molecule has 2 aromatic rings. The van der Waals surface area contributed by atoms with Gasteiger partial charge in [-0.2, -0.15) is 11.3 Å². The van der Waals surface area contributed by atoms with E-state index < -0.39 is 0 Å². The lowest BCUT2D eigenvalue weighted by Gasteiger charge is -2.04. The fourth-order valence-electron chi connectivity index (χ4n) is 1.26. The Bertz CT molecular complexity index is 499. The summed E-state index contributed by atoms with van der Waals surface area (Å²) in [6, 6.07) is 3.78. The number of esters is 1. The highest BCUT2D eigenvalue weighted by Crippen LogP contribution is 2.20. The molecule has 0 aliphatic rings. The normalized spacial score (nSPS) is 9.94. The van der Waals surface area contributed by atoms with Gasteiger partial charge in [-0.15, -0.1) is 0 Å². The van der Waals surface area contributed by atoms with Crippen LogP contribution in [0.3, 0.4) is 0 Å². The zero-order valence-corrected chi connectivity index (χ0v) is 10.0. The summed E-state index contributed by atoms with van der Waals surface area (Å²) in [5.74, 6) is 0.271. The van der Waals surface area contributed by atoms with Crippen LogP contribution < -0.4 is 5.32 Å². The van der Waals surface area contributed by atoms with Crippen LogP contribution in [0.5, 0.6) is 0 Å². The predicted octanol–water partition coefficient (Wildman–Crippen LogP) is 1.79. The van der Waals surface area contributed by atoms with E-state index in [0.717, 1.165) is 11.3 Å². The number of methoxy groups -OCH3 is 1. The number of anilines is 1. The van der Waals surface area contributed by atoms with Crippen molar-refractivity contribution >= 4 is 23.1 Å². The summed E-state index contributed by atoms with van der Waals surface area (Å²) < 4.78 is 4.53. The molecule has 0 spiro atoms. The molecule has 0 saturated heterocycles. The molecule has 0 unspecified atom stereocenters. The second-order valence-corrected chi connectivity index (χ2v) is 4.01. The predicted molar refractivity (Wildman–Crippen MR) is 65.9 cm³/mol. The summed E-state index contributed by atoms with van der Waals surface area (Å²) in [7, 11) is 1.35. The van der Waals surface area contributed by atoms with Crippen LogP contribution in [-0.4, -0.2) is 29.6 Å². The highest BCUT2D eigenvalue weighted by Gasteiger charge is 2.04. The third-order valence-electron chi connectivity index (χ3n) is 2.13. The molecule has 0 amide bonds. The fraction of sp³-hybridized carbons (Fsp3) is 0.182. The van der Waals surface area contributed by atoms with Gasteiger partial charge in [0.15, 0.2) is 0 Å². The number of rotatable bonds is 4. The first-order valence-corrected chi connectivity index (χ1v) is 5.89. The van der Waals surface area contributed by atoms with E-state index in [1.54, 1.807) is 17.4 Å². The second-order valence-electron chi connectivity index (χ2n) is 3.23. The SMILES string of the molecule is COC(=O)CNc1cc(-c2ccsc2)ncn1. The number of nitrogens with one attached hydrogen (secondary N) is 1. The summed E-state index contributed by atoms with van der Waals surface area (Å²) in [5, 5.41) is 6.87. The Morgan fingerprint density at radius 1 is 1.53 bits per heavy atom. The summed E-state index contributed by atoms with van der Waals surface area (Å²) >= 11 is 1.61. The zero-order valence-electron chi connectivity index (χ0n) is 9.21. The average molecular weight is 249 g/mol. The Hall–Kier alpha value is -1.95. The maximum absolute atomic E-state index is 11.0. The van der Waals surface area contributed by atoms with E-state index in [2.05, 4.69) is 20.0 Å². The first-order valence-electron chi connectivity index (χ1n) is 4.95. The molecule has 2 aromatic heterocycles. The topological polar surface area (TPSA) is 64.1 Å². The Morgan fingerprint density at radius 2 is 2.41 bits per heavy atom. The lowest BCUT2D eigenvalue weighted by atomic mass is 10.2. The minimum absolute atomic E-state index is 0.0938. The summed E-state index contributed by atoms with van der Waals surface area (Å²) in [6.07, 6.45) is 1.46. The van der Waals surface area contributed by atoms with E-state index in [0.29, 0.717) is 5.82 Å². The van der Waals surface area contributed by atoms with Crippen LogP contribution in [0.4, 0.5) is 5.82 Å². The van der Waals surface area contributed by atoms with E-state index in [9.17, 15) is 4.79 Å². The Kier molecular flexibility index (Phi) is 3.66. The summed E-state index contributed by atoms with van der Waals surface area (Å²) in [4.78, 5) is 19.2. The summed E-state index contributed by atoms with van der Waals surface area (Å²) in [5.41, 5.74) is 1.87. The van der Waals surface area contributed by atoms with Crippen molar-refractivity contribution in [3.8, 4) is 11.3 Å². The van der Waals surface area contributed by atoms with Crippen molar-refractivity contribution < 1.29 is 9.53 Å². The first kappa shape index (κ1) is 11.5. The quantitative estimate of drug-likeness (QED) is 0.837. The summed E-state index contributed by atoms with van der Waals surface area (Å²) in [6.45, 7) is 0.0938. The molecule has 17 heavy (non-hydrogen) atoms. The largest absolute Gasteiger partial charge is 0.468 e. The second kappa shape index (κ2) is 5.40. The fourth-order valence-corrected chi connectivity index (χ4v) is 1.91. The maximum atomic E-state index is 11.0. The maximum Gasteiger partial charge on any atom is 0.325 e. The number of nitrogens with zero attached hydrogens (tertiary/aromatic N) is 2. The van der Waals surface area contributed by atoms with Crippen LogP contribution >= 0.6 is 11.3 Å². The van der Waals surface area contributed by atoms with Gasteiger partial charge in [0.05, 0.1) is 12.8 Å². The molecule has 0 bridgehead atoms. The Labute approximate surface area is 102 Å². The molecule has 6 heteroatoms. The number of hydrogen-bond acceptors (Lipinski definition) is 6. The molecular weight excluding hydrogens is 238 g/mol. The third kappa shape index (κ3) is 3.01. The molecule has 0 atom stereocenters. The van der Waals surface area contributed by atoms with Crippen LogP contribution in [0.2, 0.25) is 0 Å². The minimum Gasteiger partial charge on any atom is -0.468 e. The lowest BCUT2D eigenvalue weighted by Crippen LogP contribution is -2.15. The molecule has 0 saturated carbocycles. The first-order chi connectivity index (χ1) is 8.29. The van der Waals surface area contributed by atoms with E-state index in [4.69, 9.17) is 0 Å². The molecular formula is C11H11N3O2S. The molecule has 0 aromatic carbocycles. The van der Waals surface area contributed by atoms with Crippen molar-refractivity contribution in [1.82, 2.24) is 9.97 Å². The average Bonchev–Trinajstić information content (AvgIpc) is 2.90. The number of carbonyl (C=O) groups is 1. The highest BCUT2D eigenvalue weighted by atomic mass is 32.1. The monoisotopic (exact) mass is 249 g/mol. The van der Waals surface area contributed by atoms with Gasteiger partial charge in [0, 0.05) is 17.0 Å². The number of hydrogen-bond donors (Lipinski definition) is 1. The Balaban J connectivity index is 2.09. The van der Waals surface area contributed by atoms with Gasteiger partial charge < -0.3 is 10.1 Å². The highest BCUT2D eigenvalue weighted by molar-refractivity contribution is 7.08.